The molecule has 5 heteroatoms. The van der Waals surface area contributed by atoms with Gasteiger partial charge in [-0.05, 0) is 42.9 Å². The summed E-state index contributed by atoms with van der Waals surface area (Å²) >= 11 is 0. The molecule has 1 saturated carbocycles. The highest BCUT2D eigenvalue weighted by Crippen LogP contribution is 2.30. The summed E-state index contributed by atoms with van der Waals surface area (Å²) in [4.78, 5) is 12.0. The van der Waals surface area contributed by atoms with Crippen molar-refractivity contribution in [2.24, 2.45) is 5.92 Å². The number of amides is 2. The maximum Gasteiger partial charge on any atom is 0.315 e. The second-order valence-corrected chi connectivity index (χ2v) is 6.50. The zero-order valence-corrected chi connectivity index (χ0v) is 13.8. The molecule has 1 aromatic rings. The minimum absolute atomic E-state index is 0.0544. The Morgan fingerprint density at radius 2 is 1.96 bits per heavy atom. The van der Waals surface area contributed by atoms with Crippen molar-refractivity contribution in [1.82, 2.24) is 10.6 Å². The lowest BCUT2D eigenvalue weighted by Crippen LogP contribution is -2.46. The van der Waals surface area contributed by atoms with E-state index in [1.165, 1.54) is 19.3 Å². The summed E-state index contributed by atoms with van der Waals surface area (Å²) in [6.45, 7) is 4.04. The molecule has 0 aromatic heterocycles. The molecule has 1 aliphatic heterocycles. The predicted molar refractivity (Wildman–Crippen MR) is 89.1 cm³/mol. The number of benzene rings is 1. The van der Waals surface area contributed by atoms with Gasteiger partial charge in [-0.15, -0.1) is 0 Å². The van der Waals surface area contributed by atoms with Gasteiger partial charge in [0.2, 0.25) is 0 Å². The van der Waals surface area contributed by atoms with Crippen LogP contribution in [0.1, 0.15) is 38.2 Å². The molecule has 0 saturated heterocycles. The first-order valence-corrected chi connectivity index (χ1v) is 8.65. The molecule has 0 radical (unpaired) electrons. The average Bonchev–Trinajstić information content (AvgIpc) is 2.57. The smallest absolute Gasteiger partial charge is 0.315 e. The van der Waals surface area contributed by atoms with Crippen LogP contribution in [0, 0.1) is 5.92 Å². The Bertz CT molecular complexity index is 547. The van der Waals surface area contributed by atoms with E-state index in [4.69, 9.17) is 9.47 Å². The summed E-state index contributed by atoms with van der Waals surface area (Å²) < 4.78 is 11.1. The molecular weight excluding hydrogens is 292 g/mol. The number of rotatable bonds is 4. The third-order valence-electron chi connectivity index (χ3n) is 4.73. The van der Waals surface area contributed by atoms with Gasteiger partial charge >= 0.3 is 6.03 Å². The van der Waals surface area contributed by atoms with Gasteiger partial charge in [-0.2, -0.15) is 0 Å². The quantitative estimate of drug-likeness (QED) is 0.897. The third kappa shape index (κ3) is 4.30. The van der Waals surface area contributed by atoms with Crippen LogP contribution in [0.15, 0.2) is 18.2 Å². The SMILES string of the molecule is C[C@@H]1CCCC[C@@H]1NC(=O)NCCc1ccc2c(c1)OCCO2. The molecule has 1 fully saturated rings. The zero-order valence-electron chi connectivity index (χ0n) is 13.8. The van der Waals surface area contributed by atoms with Gasteiger partial charge in [0.1, 0.15) is 13.2 Å². The molecule has 2 N–H and O–H groups in total. The van der Waals surface area contributed by atoms with Crippen molar-refractivity contribution >= 4 is 6.03 Å². The number of nitrogens with one attached hydrogen (secondary N) is 2. The van der Waals surface area contributed by atoms with Crippen LogP contribution < -0.4 is 20.1 Å². The van der Waals surface area contributed by atoms with Crippen molar-refractivity contribution in [2.45, 2.75) is 45.1 Å². The zero-order chi connectivity index (χ0) is 16.1. The molecule has 1 aromatic carbocycles. The Hall–Kier alpha value is -1.91. The largest absolute Gasteiger partial charge is 0.486 e. The maximum absolute atomic E-state index is 12.0. The number of hydrogen-bond donors (Lipinski definition) is 2. The van der Waals surface area contributed by atoms with Crippen molar-refractivity contribution in [3.8, 4) is 11.5 Å². The molecule has 0 unspecified atom stereocenters. The highest BCUT2D eigenvalue weighted by atomic mass is 16.6. The number of fused-ring (bicyclic) bond motifs is 1. The first-order valence-electron chi connectivity index (χ1n) is 8.65. The van der Waals surface area contributed by atoms with Gasteiger partial charge in [0, 0.05) is 12.6 Å². The molecule has 2 aliphatic rings. The third-order valence-corrected chi connectivity index (χ3v) is 4.73. The monoisotopic (exact) mass is 318 g/mol. The summed E-state index contributed by atoms with van der Waals surface area (Å²) in [5.74, 6) is 2.18. The van der Waals surface area contributed by atoms with Crippen LogP contribution >= 0.6 is 0 Å². The number of carbonyl (C=O) groups excluding carboxylic acids is 1. The summed E-state index contributed by atoms with van der Waals surface area (Å²) in [6.07, 6.45) is 5.58. The first kappa shape index (κ1) is 16.0. The van der Waals surface area contributed by atoms with Gasteiger partial charge < -0.3 is 20.1 Å². The molecule has 3 rings (SSSR count). The standard InChI is InChI=1S/C18H26N2O3/c1-13-4-2-3-5-15(13)20-18(21)19-9-8-14-6-7-16-17(12-14)23-11-10-22-16/h6-7,12-13,15H,2-5,8-11H2,1H3,(H2,19,20,21)/t13-,15+/m1/s1. The second-order valence-electron chi connectivity index (χ2n) is 6.50. The minimum Gasteiger partial charge on any atom is -0.486 e. The minimum atomic E-state index is -0.0544. The Balaban J connectivity index is 1.43. The number of carbonyl (C=O) groups is 1. The van der Waals surface area contributed by atoms with E-state index in [2.05, 4.69) is 17.6 Å². The van der Waals surface area contributed by atoms with Crippen LogP contribution in [0.3, 0.4) is 0 Å². The average molecular weight is 318 g/mol. The molecular formula is C18H26N2O3. The van der Waals surface area contributed by atoms with Crippen molar-refractivity contribution in [3.63, 3.8) is 0 Å². The highest BCUT2D eigenvalue weighted by molar-refractivity contribution is 5.74. The molecule has 5 nitrogen and oxygen atoms in total. The molecule has 126 valence electrons. The number of hydrogen-bond acceptors (Lipinski definition) is 3. The lowest BCUT2D eigenvalue weighted by molar-refractivity contribution is 0.171. The molecule has 2 atom stereocenters. The van der Waals surface area contributed by atoms with Crippen molar-refractivity contribution in [3.05, 3.63) is 23.8 Å². The Kier molecular flexibility index (Phi) is 5.26. The Labute approximate surface area is 137 Å². The lowest BCUT2D eigenvalue weighted by atomic mass is 9.86. The predicted octanol–water partition coefficient (Wildman–Crippen LogP) is 2.88. The van der Waals surface area contributed by atoms with Crippen LogP contribution in [-0.4, -0.2) is 31.8 Å². The molecule has 1 aliphatic carbocycles. The van der Waals surface area contributed by atoms with Gasteiger partial charge in [0.15, 0.2) is 11.5 Å². The van der Waals surface area contributed by atoms with E-state index in [1.54, 1.807) is 0 Å². The molecule has 1 heterocycles. The summed E-state index contributed by atoms with van der Waals surface area (Å²) in [5, 5.41) is 6.07. The van der Waals surface area contributed by atoms with Gasteiger partial charge in [-0.3, -0.25) is 0 Å². The highest BCUT2D eigenvalue weighted by Gasteiger charge is 2.22. The van der Waals surface area contributed by atoms with E-state index in [-0.39, 0.29) is 6.03 Å². The molecule has 0 bridgehead atoms. The molecule has 0 spiro atoms. The normalized spacial score (nSPS) is 23.2. The fraction of sp³-hybridized carbons (Fsp3) is 0.611. The van der Waals surface area contributed by atoms with E-state index in [1.807, 2.05) is 18.2 Å². The summed E-state index contributed by atoms with van der Waals surface area (Å²) in [7, 11) is 0. The number of ether oxygens (including phenoxy) is 2. The van der Waals surface area contributed by atoms with Crippen LogP contribution in [-0.2, 0) is 6.42 Å². The first-order chi connectivity index (χ1) is 11.2. The molecule has 23 heavy (non-hydrogen) atoms. The fourth-order valence-corrected chi connectivity index (χ4v) is 3.31. The van der Waals surface area contributed by atoms with Crippen LogP contribution in [0.25, 0.3) is 0 Å². The van der Waals surface area contributed by atoms with Gasteiger partial charge in [0.25, 0.3) is 0 Å². The van der Waals surface area contributed by atoms with E-state index in [0.29, 0.717) is 31.7 Å². The van der Waals surface area contributed by atoms with Crippen molar-refractivity contribution in [1.29, 1.82) is 0 Å². The van der Waals surface area contributed by atoms with E-state index >= 15 is 0 Å². The topological polar surface area (TPSA) is 59.6 Å². The van der Waals surface area contributed by atoms with Crippen LogP contribution in [0.4, 0.5) is 4.79 Å². The van der Waals surface area contributed by atoms with E-state index in [0.717, 1.165) is 29.9 Å². The Morgan fingerprint density at radius 3 is 2.78 bits per heavy atom. The van der Waals surface area contributed by atoms with Crippen LogP contribution in [0.2, 0.25) is 0 Å². The lowest BCUT2D eigenvalue weighted by Gasteiger charge is -2.29. The Morgan fingerprint density at radius 1 is 1.17 bits per heavy atom. The van der Waals surface area contributed by atoms with Gasteiger partial charge in [0.05, 0.1) is 0 Å². The van der Waals surface area contributed by atoms with Gasteiger partial charge in [-0.25, -0.2) is 4.79 Å². The van der Waals surface area contributed by atoms with Crippen molar-refractivity contribution in [2.75, 3.05) is 19.8 Å². The maximum atomic E-state index is 12.0. The van der Waals surface area contributed by atoms with E-state index < -0.39 is 0 Å². The fourth-order valence-electron chi connectivity index (χ4n) is 3.31. The number of urea groups is 1. The summed E-state index contributed by atoms with van der Waals surface area (Å²) in [5.41, 5.74) is 1.14. The summed E-state index contributed by atoms with van der Waals surface area (Å²) in [6, 6.07) is 6.22. The second kappa shape index (κ2) is 7.57. The van der Waals surface area contributed by atoms with Gasteiger partial charge in [-0.1, -0.05) is 25.8 Å². The van der Waals surface area contributed by atoms with E-state index in [9.17, 15) is 4.79 Å². The molecule has 2 amide bonds. The van der Waals surface area contributed by atoms with Crippen molar-refractivity contribution < 1.29 is 14.3 Å². The van der Waals surface area contributed by atoms with Crippen LogP contribution in [0.5, 0.6) is 11.5 Å².